The van der Waals surface area contributed by atoms with E-state index in [1.165, 1.54) is 6.07 Å². The number of halogens is 1. The highest BCUT2D eigenvalue weighted by Gasteiger charge is 2.11. The second-order valence-electron chi connectivity index (χ2n) is 5.01. The Morgan fingerprint density at radius 2 is 2.05 bits per heavy atom. The second-order valence-corrected chi connectivity index (χ2v) is 5.01. The number of aromatic amines is 1. The quantitative estimate of drug-likeness (QED) is 0.758. The minimum Gasteiger partial charge on any atom is -0.360 e. The van der Waals surface area contributed by atoms with Crippen molar-refractivity contribution in [2.45, 2.75) is 13.5 Å². The number of carbonyl (C=O) groups is 1. The number of carbonyl (C=O) groups excluding carboxylic acids is 1. The average molecular weight is 282 g/mol. The molecule has 3 aromatic rings. The van der Waals surface area contributed by atoms with Gasteiger partial charge in [0.05, 0.1) is 5.56 Å². The molecule has 0 aliphatic heterocycles. The highest BCUT2D eigenvalue weighted by atomic mass is 19.1. The first kappa shape index (κ1) is 13.4. The van der Waals surface area contributed by atoms with E-state index in [0.717, 1.165) is 16.5 Å². The van der Waals surface area contributed by atoms with Crippen molar-refractivity contribution in [1.82, 2.24) is 10.3 Å². The van der Waals surface area contributed by atoms with Crippen LogP contribution in [0.1, 0.15) is 21.5 Å². The molecule has 0 unspecified atom stereocenters. The standard InChI is InChI=1S/C17H15FN2O/c1-11-6-7-12(8-15(11)18)9-20-17(21)14-10-19-16-5-3-2-4-13(14)16/h2-8,10,19H,9H2,1H3,(H,20,21). The largest absolute Gasteiger partial charge is 0.360 e. The van der Waals surface area contributed by atoms with Gasteiger partial charge in [-0.15, -0.1) is 0 Å². The molecule has 0 radical (unpaired) electrons. The van der Waals surface area contributed by atoms with Gasteiger partial charge < -0.3 is 10.3 Å². The topological polar surface area (TPSA) is 44.9 Å². The Balaban J connectivity index is 1.76. The van der Waals surface area contributed by atoms with Crippen LogP contribution in [-0.2, 0) is 6.54 Å². The summed E-state index contributed by atoms with van der Waals surface area (Å²) in [5.74, 6) is -0.428. The molecule has 1 heterocycles. The van der Waals surface area contributed by atoms with E-state index in [9.17, 15) is 9.18 Å². The van der Waals surface area contributed by atoms with E-state index in [0.29, 0.717) is 17.7 Å². The first-order valence-corrected chi connectivity index (χ1v) is 6.74. The summed E-state index contributed by atoms with van der Waals surface area (Å²) in [6, 6.07) is 12.6. The van der Waals surface area contributed by atoms with Crippen LogP contribution >= 0.6 is 0 Å². The van der Waals surface area contributed by atoms with E-state index in [-0.39, 0.29) is 11.7 Å². The minimum atomic E-state index is -0.256. The van der Waals surface area contributed by atoms with Gasteiger partial charge in [0.15, 0.2) is 0 Å². The molecule has 1 amide bonds. The smallest absolute Gasteiger partial charge is 0.253 e. The predicted molar refractivity (Wildman–Crippen MR) is 80.6 cm³/mol. The van der Waals surface area contributed by atoms with Gasteiger partial charge in [0.1, 0.15) is 5.82 Å². The van der Waals surface area contributed by atoms with E-state index in [1.54, 1.807) is 19.2 Å². The van der Waals surface area contributed by atoms with Crippen molar-refractivity contribution in [2.24, 2.45) is 0 Å². The lowest BCUT2D eigenvalue weighted by atomic mass is 10.1. The summed E-state index contributed by atoms with van der Waals surface area (Å²) in [6.45, 7) is 2.01. The van der Waals surface area contributed by atoms with Gasteiger partial charge in [0.25, 0.3) is 5.91 Å². The third kappa shape index (κ3) is 2.65. The molecule has 0 aliphatic rings. The zero-order chi connectivity index (χ0) is 14.8. The number of H-pyrrole nitrogens is 1. The van der Waals surface area contributed by atoms with Crippen molar-refractivity contribution in [3.63, 3.8) is 0 Å². The average Bonchev–Trinajstić information content (AvgIpc) is 2.92. The molecule has 1 aromatic heterocycles. The lowest BCUT2D eigenvalue weighted by molar-refractivity contribution is 0.0952. The van der Waals surface area contributed by atoms with Crippen LogP contribution < -0.4 is 5.32 Å². The molecule has 2 N–H and O–H groups in total. The van der Waals surface area contributed by atoms with Crippen LogP contribution in [0.5, 0.6) is 0 Å². The van der Waals surface area contributed by atoms with Gasteiger partial charge in [0.2, 0.25) is 0 Å². The molecular weight excluding hydrogens is 267 g/mol. The molecule has 0 fully saturated rings. The Hall–Kier alpha value is -2.62. The number of hydrogen-bond donors (Lipinski definition) is 2. The maximum Gasteiger partial charge on any atom is 0.253 e. The van der Waals surface area contributed by atoms with Gasteiger partial charge in [-0.3, -0.25) is 4.79 Å². The fourth-order valence-electron chi connectivity index (χ4n) is 2.28. The molecule has 2 aromatic carbocycles. The van der Waals surface area contributed by atoms with E-state index in [2.05, 4.69) is 10.3 Å². The van der Waals surface area contributed by atoms with Crippen LogP contribution in [0, 0.1) is 12.7 Å². The maximum atomic E-state index is 13.5. The van der Waals surface area contributed by atoms with Gasteiger partial charge in [-0.2, -0.15) is 0 Å². The molecule has 106 valence electrons. The van der Waals surface area contributed by atoms with Gasteiger partial charge in [-0.1, -0.05) is 30.3 Å². The normalized spacial score (nSPS) is 10.8. The Kier molecular flexibility index (Phi) is 3.44. The molecule has 0 saturated heterocycles. The number of aryl methyl sites for hydroxylation is 1. The molecule has 0 saturated carbocycles. The molecule has 21 heavy (non-hydrogen) atoms. The summed E-state index contributed by atoms with van der Waals surface area (Å²) >= 11 is 0. The third-order valence-electron chi connectivity index (χ3n) is 3.52. The fraction of sp³-hybridized carbons (Fsp3) is 0.118. The van der Waals surface area contributed by atoms with Crippen LogP contribution in [0.4, 0.5) is 4.39 Å². The number of para-hydroxylation sites is 1. The van der Waals surface area contributed by atoms with Crippen LogP contribution in [-0.4, -0.2) is 10.9 Å². The number of hydrogen-bond acceptors (Lipinski definition) is 1. The van der Waals surface area contributed by atoms with Crippen LogP contribution in [0.2, 0.25) is 0 Å². The summed E-state index contributed by atoms with van der Waals surface area (Å²) in [7, 11) is 0. The van der Waals surface area contributed by atoms with Crippen molar-refractivity contribution in [2.75, 3.05) is 0 Å². The number of rotatable bonds is 3. The Bertz CT molecular complexity index is 807. The number of amides is 1. The van der Waals surface area contributed by atoms with E-state index < -0.39 is 0 Å². The van der Waals surface area contributed by atoms with E-state index in [1.807, 2.05) is 30.3 Å². The molecule has 0 atom stereocenters. The number of benzene rings is 2. The first-order chi connectivity index (χ1) is 10.1. The molecule has 3 rings (SSSR count). The van der Waals surface area contributed by atoms with Gasteiger partial charge in [0, 0.05) is 23.6 Å². The molecule has 0 spiro atoms. The van der Waals surface area contributed by atoms with Crippen LogP contribution in [0.3, 0.4) is 0 Å². The van der Waals surface area contributed by atoms with Crippen molar-refractivity contribution in [1.29, 1.82) is 0 Å². The number of fused-ring (bicyclic) bond motifs is 1. The highest BCUT2D eigenvalue weighted by molar-refractivity contribution is 6.06. The summed E-state index contributed by atoms with van der Waals surface area (Å²) < 4.78 is 13.5. The first-order valence-electron chi connectivity index (χ1n) is 6.74. The minimum absolute atomic E-state index is 0.173. The van der Waals surface area contributed by atoms with Crippen molar-refractivity contribution >= 4 is 16.8 Å². The zero-order valence-corrected chi connectivity index (χ0v) is 11.6. The summed E-state index contributed by atoms with van der Waals surface area (Å²) in [5, 5.41) is 3.69. The SMILES string of the molecule is Cc1ccc(CNC(=O)c2c[nH]c3ccccc23)cc1F. The number of nitrogens with one attached hydrogen (secondary N) is 2. The fourth-order valence-corrected chi connectivity index (χ4v) is 2.28. The zero-order valence-electron chi connectivity index (χ0n) is 11.6. The second kappa shape index (κ2) is 5.40. The molecular formula is C17H15FN2O. The third-order valence-corrected chi connectivity index (χ3v) is 3.52. The van der Waals surface area contributed by atoms with Crippen molar-refractivity contribution in [3.8, 4) is 0 Å². The summed E-state index contributed by atoms with van der Waals surface area (Å²) in [6.07, 6.45) is 1.69. The monoisotopic (exact) mass is 282 g/mol. The highest BCUT2D eigenvalue weighted by Crippen LogP contribution is 2.17. The van der Waals surface area contributed by atoms with Gasteiger partial charge >= 0.3 is 0 Å². The van der Waals surface area contributed by atoms with E-state index >= 15 is 0 Å². The predicted octanol–water partition coefficient (Wildman–Crippen LogP) is 3.55. The lowest BCUT2D eigenvalue weighted by Crippen LogP contribution is -2.22. The molecule has 4 heteroatoms. The molecule has 0 aliphatic carbocycles. The van der Waals surface area contributed by atoms with Crippen LogP contribution in [0.25, 0.3) is 10.9 Å². The Morgan fingerprint density at radius 3 is 2.86 bits per heavy atom. The van der Waals surface area contributed by atoms with Gasteiger partial charge in [-0.05, 0) is 30.2 Å². The Morgan fingerprint density at radius 1 is 1.24 bits per heavy atom. The van der Waals surface area contributed by atoms with E-state index in [4.69, 9.17) is 0 Å². The molecule has 3 nitrogen and oxygen atoms in total. The lowest BCUT2D eigenvalue weighted by Gasteiger charge is -2.06. The molecule has 0 bridgehead atoms. The van der Waals surface area contributed by atoms with Gasteiger partial charge in [-0.25, -0.2) is 4.39 Å². The Labute approximate surface area is 121 Å². The van der Waals surface area contributed by atoms with Crippen LogP contribution in [0.15, 0.2) is 48.7 Å². The maximum absolute atomic E-state index is 13.5. The van der Waals surface area contributed by atoms with Crippen molar-refractivity contribution < 1.29 is 9.18 Å². The summed E-state index contributed by atoms with van der Waals surface area (Å²) in [5.41, 5.74) is 2.86. The summed E-state index contributed by atoms with van der Waals surface area (Å²) in [4.78, 5) is 15.3. The number of aromatic nitrogens is 1. The van der Waals surface area contributed by atoms with Crippen molar-refractivity contribution in [3.05, 3.63) is 71.2 Å².